The molecule has 0 unspecified atom stereocenters. The molecule has 0 bridgehead atoms. The molecular formula is C22H23N3O2S2. The highest BCUT2D eigenvalue weighted by Crippen LogP contribution is 2.27. The van der Waals surface area contributed by atoms with Crippen molar-refractivity contribution in [3.05, 3.63) is 64.0 Å². The second-order valence-corrected chi connectivity index (χ2v) is 8.89. The van der Waals surface area contributed by atoms with Gasteiger partial charge in [0.25, 0.3) is 0 Å². The summed E-state index contributed by atoms with van der Waals surface area (Å²) in [6.07, 6.45) is 2.31. The minimum Gasteiger partial charge on any atom is -0.356 e. The molecule has 3 heterocycles. The zero-order chi connectivity index (χ0) is 20.1. The lowest BCUT2D eigenvalue weighted by molar-refractivity contribution is -0.132. The molecule has 150 valence electrons. The van der Waals surface area contributed by atoms with Crippen LogP contribution in [0.2, 0.25) is 0 Å². The Morgan fingerprint density at radius 1 is 1.10 bits per heavy atom. The van der Waals surface area contributed by atoms with E-state index in [1.807, 2.05) is 39.9 Å². The second-order valence-electron chi connectivity index (χ2n) is 7.09. The molecule has 2 amide bonds. The number of fused-ring (bicyclic) bond motifs is 1. The Hall–Kier alpha value is -2.51. The summed E-state index contributed by atoms with van der Waals surface area (Å²) >= 11 is 3.21. The maximum absolute atomic E-state index is 12.5. The molecule has 0 atom stereocenters. The summed E-state index contributed by atoms with van der Waals surface area (Å²) in [5, 5.41) is 7.82. The van der Waals surface area contributed by atoms with E-state index in [0.717, 1.165) is 28.5 Å². The normalized spacial score (nSPS) is 13.2. The number of thiazole rings is 1. The molecule has 1 aliphatic rings. The number of hydrogen-bond donors (Lipinski definition) is 1. The average molecular weight is 426 g/mol. The van der Waals surface area contributed by atoms with Crippen LogP contribution in [0.4, 0.5) is 0 Å². The molecule has 0 saturated heterocycles. The number of rotatable bonds is 7. The van der Waals surface area contributed by atoms with E-state index in [9.17, 15) is 9.59 Å². The van der Waals surface area contributed by atoms with Gasteiger partial charge in [-0.1, -0.05) is 30.3 Å². The third-order valence-electron chi connectivity index (χ3n) is 5.00. The summed E-state index contributed by atoms with van der Waals surface area (Å²) in [4.78, 5) is 32.2. The topological polar surface area (TPSA) is 62.3 Å². The van der Waals surface area contributed by atoms with Crippen molar-refractivity contribution >= 4 is 34.5 Å². The van der Waals surface area contributed by atoms with E-state index in [0.29, 0.717) is 25.9 Å². The highest BCUT2D eigenvalue weighted by Gasteiger charge is 2.19. The summed E-state index contributed by atoms with van der Waals surface area (Å²) in [5.74, 6) is 0.112. The summed E-state index contributed by atoms with van der Waals surface area (Å²) in [6, 6.07) is 12.3. The van der Waals surface area contributed by atoms with Gasteiger partial charge in [-0.05, 0) is 35.4 Å². The van der Waals surface area contributed by atoms with Gasteiger partial charge in [-0.3, -0.25) is 9.59 Å². The maximum Gasteiger partial charge on any atom is 0.226 e. The number of carbonyl (C=O) groups excluding carboxylic acids is 2. The molecule has 5 nitrogen and oxygen atoms in total. The van der Waals surface area contributed by atoms with Crippen LogP contribution in [-0.4, -0.2) is 34.8 Å². The summed E-state index contributed by atoms with van der Waals surface area (Å²) < 4.78 is 0. The van der Waals surface area contributed by atoms with E-state index < -0.39 is 0 Å². The monoisotopic (exact) mass is 425 g/mol. The smallest absolute Gasteiger partial charge is 0.226 e. The molecule has 0 fully saturated rings. The molecule has 0 spiro atoms. The van der Waals surface area contributed by atoms with Crippen LogP contribution < -0.4 is 5.32 Å². The van der Waals surface area contributed by atoms with E-state index in [1.54, 1.807) is 22.7 Å². The quantitative estimate of drug-likeness (QED) is 0.584. The van der Waals surface area contributed by atoms with Gasteiger partial charge >= 0.3 is 0 Å². The van der Waals surface area contributed by atoms with E-state index in [1.165, 1.54) is 11.1 Å². The summed E-state index contributed by atoms with van der Waals surface area (Å²) in [7, 11) is 0. The molecule has 1 aromatic carbocycles. The molecule has 2 aromatic heterocycles. The highest BCUT2D eigenvalue weighted by molar-refractivity contribution is 7.20. The van der Waals surface area contributed by atoms with Crippen molar-refractivity contribution in [2.45, 2.75) is 32.2 Å². The Labute approximate surface area is 178 Å². The predicted molar refractivity (Wildman–Crippen MR) is 117 cm³/mol. The summed E-state index contributed by atoms with van der Waals surface area (Å²) in [6.45, 7) is 1.98. The van der Waals surface area contributed by atoms with Gasteiger partial charge in [0.2, 0.25) is 11.8 Å². The van der Waals surface area contributed by atoms with Gasteiger partial charge in [-0.25, -0.2) is 4.98 Å². The fourth-order valence-corrected chi connectivity index (χ4v) is 5.10. The first-order valence-electron chi connectivity index (χ1n) is 9.78. The fraction of sp³-hybridized carbons (Fsp3) is 0.318. The number of nitrogens with zero attached hydrogens (tertiary/aromatic N) is 2. The van der Waals surface area contributed by atoms with Gasteiger partial charge in [0.15, 0.2) is 0 Å². The first-order valence-corrected chi connectivity index (χ1v) is 11.5. The second kappa shape index (κ2) is 9.33. The van der Waals surface area contributed by atoms with Crippen LogP contribution in [0.15, 0.2) is 47.2 Å². The van der Waals surface area contributed by atoms with E-state index in [-0.39, 0.29) is 18.2 Å². The molecule has 1 aliphatic heterocycles. The predicted octanol–water partition coefficient (Wildman–Crippen LogP) is 3.90. The maximum atomic E-state index is 12.5. The van der Waals surface area contributed by atoms with Gasteiger partial charge in [0.05, 0.1) is 17.0 Å². The Bertz CT molecular complexity index is 982. The van der Waals surface area contributed by atoms with E-state index in [4.69, 9.17) is 0 Å². The van der Waals surface area contributed by atoms with Crippen molar-refractivity contribution in [1.82, 2.24) is 15.2 Å². The first kappa shape index (κ1) is 19.8. The van der Waals surface area contributed by atoms with Crippen LogP contribution in [0.25, 0.3) is 9.88 Å². The van der Waals surface area contributed by atoms with E-state index in [2.05, 4.69) is 22.4 Å². The summed E-state index contributed by atoms with van der Waals surface area (Å²) in [5.41, 5.74) is 3.37. The molecule has 4 rings (SSSR count). The molecule has 0 aliphatic carbocycles. The Morgan fingerprint density at radius 3 is 2.79 bits per heavy atom. The van der Waals surface area contributed by atoms with E-state index >= 15 is 0 Å². The van der Waals surface area contributed by atoms with Gasteiger partial charge in [0, 0.05) is 31.4 Å². The number of nitrogens with one attached hydrogen (secondary N) is 1. The number of benzene rings is 1. The number of hydrogen-bond acceptors (Lipinski definition) is 5. The number of aromatic nitrogens is 1. The van der Waals surface area contributed by atoms with Crippen LogP contribution in [0.5, 0.6) is 0 Å². The van der Waals surface area contributed by atoms with Crippen molar-refractivity contribution in [2.24, 2.45) is 0 Å². The molecule has 1 N–H and O–H groups in total. The zero-order valence-corrected chi connectivity index (χ0v) is 17.7. The van der Waals surface area contributed by atoms with Gasteiger partial charge in [-0.2, -0.15) is 0 Å². The van der Waals surface area contributed by atoms with Gasteiger partial charge in [0.1, 0.15) is 5.01 Å². The third kappa shape index (κ3) is 5.10. The zero-order valence-electron chi connectivity index (χ0n) is 16.1. The van der Waals surface area contributed by atoms with Crippen LogP contribution in [0.1, 0.15) is 29.7 Å². The first-order chi connectivity index (χ1) is 14.2. The third-order valence-corrected chi connectivity index (χ3v) is 6.93. The lowest BCUT2D eigenvalue weighted by Crippen LogP contribution is -2.36. The van der Waals surface area contributed by atoms with Gasteiger partial charge < -0.3 is 10.2 Å². The Morgan fingerprint density at radius 2 is 1.97 bits per heavy atom. The molecule has 0 radical (unpaired) electrons. The van der Waals surface area contributed by atoms with Crippen molar-refractivity contribution in [1.29, 1.82) is 0 Å². The molecular weight excluding hydrogens is 402 g/mol. The number of amides is 2. The van der Waals surface area contributed by atoms with Crippen molar-refractivity contribution in [2.75, 3.05) is 13.1 Å². The number of carbonyl (C=O) groups is 2. The minimum atomic E-state index is -0.0487. The van der Waals surface area contributed by atoms with Crippen molar-refractivity contribution in [3.8, 4) is 9.88 Å². The molecule has 29 heavy (non-hydrogen) atoms. The van der Waals surface area contributed by atoms with Crippen LogP contribution in [0.3, 0.4) is 0 Å². The van der Waals surface area contributed by atoms with Crippen molar-refractivity contribution in [3.63, 3.8) is 0 Å². The Balaban J connectivity index is 1.17. The van der Waals surface area contributed by atoms with Crippen LogP contribution in [-0.2, 0) is 29.0 Å². The SMILES string of the molecule is O=C(Cc1csc(-c2cccs2)n1)NCCCC(=O)N1CCc2ccccc2C1. The van der Waals surface area contributed by atoms with Gasteiger partial charge in [-0.15, -0.1) is 22.7 Å². The lowest BCUT2D eigenvalue weighted by atomic mass is 9.99. The Kier molecular flexibility index (Phi) is 6.36. The average Bonchev–Trinajstić information content (AvgIpc) is 3.42. The van der Waals surface area contributed by atoms with Crippen molar-refractivity contribution < 1.29 is 9.59 Å². The highest BCUT2D eigenvalue weighted by atomic mass is 32.1. The standard InChI is InChI=1S/C22H23N3O2S2/c26-20(13-18-15-29-22(24-18)19-7-4-12-28-19)23-10-3-8-21(27)25-11-9-16-5-1-2-6-17(16)14-25/h1-2,4-7,12,15H,3,8-11,13-14H2,(H,23,26). The lowest BCUT2D eigenvalue weighted by Gasteiger charge is -2.29. The molecule has 3 aromatic rings. The fourth-order valence-electron chi connectivity index (χ4n) is 3.46. The van der Waals surface area contributed by atoms with Crippen LogP contribution in [0, 0.1) is 0 Å². The minimum absolute atomic E-state index is 0.0487. The molecule has 0 saturated carbocycles. The molecule has 7 heteroatoms. The largest absolute Gasteiger partial charge is 0.356 e. The number of thiophene rings is 1. The van der Waals surface area contributed by atoms with Crippen LogP contribution >= 0.6 is 22.7 Å².